The van der Waals surface area contributed by atoms with Gasteiger partial charge in [0.25, 0.3) is 5.91 Å². The zero-order chi connectivity index (χ0) is 18.4. The fourth-order valence-corrected chi connectivity index (χ4v) is 3.26. The van der Waals surface area contributed by atoms with Gasteiger partial charge in [-0.3, -0.25) is 9.69 Å². The van der Waals surface area contributed by atoms with E-state index in [4.69, 9.17) is 9.47 Å². The van der Waals surface area contributed by atoms with Gasteiger partial charge in [-0.25, -0.2) is 0 Å². The molecule has 0 bridgehead atoms. The first-order chi connectivity index (χ1) is 12.7. The lowest BCUT2D eigenvalue weighted by Crippen LogP contribution is -2.29. The number of carbonyl (C=O) groups is 1. The maximum atomic E-state index is 12.6. The summed E-state index contributed by atoms with van der Waals surface area (Å²) in [5.41, 5.74) is 2.52. The Balaban J connectivity index is 1.70. The van der Waals surface area contributed by atoms with Gasteiger partial charge in [-0.05, 0) is 55.8 Å². The van der Waals surface area contributed by atoms with E-state index >= 15 is 0 Å². The van der Waals surface area contributed by atoms with Gasteiger partial charge >= 0.3 is 0 Å². The monoisotopic (exact) mass is 354 g/mol. The Morgan fingerprint density at radius 2 is 1.69 bits per heavy atom. The molecule has 3 rings (SSSR count). The van der Waals surface area contributed by atoms with Crippen molar-refractivity contribution < 1.29 is 14.3 Å². The smallest absolute Gasteiger partial charge is 0.255 e. The van der Waals surface area contributed by atoms with Crippen LogP contribution in [0, 0.1) is 0 Å². The summed E-state index contributed by atoms with van der Waals surface area (Å²) >= 11 is 0. The number of anilines is 1. The summed E-state index contributed by atoms with van der Waals surface area (Å²) in [5.74, 6) is 0.999. The summed E-state index contributed by atoms with van der Waals surface area (Å²) in [7, 11) is 3.14. The number of benzene rings is 2. The molecule has 1 saturated heterocycles. The molecular weight excluding hydrogens is 328 g/mol. The van der Waals surface area contributed by atoms with Gasteiger partial charge in [0.05, 0.1) is 14.2 Å². The van der Waals surface area contributed by atoms with E-state index in [1.165, 1.54) is 24.8 Å². The number of hydrogen-bond acceptors (Lipinski definition) is 4. The summed E-state index contributed by atoms with van der Waals surface area (Å²) in [6.07, 6.45) is 3.87. The molecule has 1 fully saturated rings. The van der Waals surface area contributed by atoms with E-state index in [1.54, 1.807) is 32.4 Å². The van der Waals surface area contributed by atoms with Crippen LogP contribution < -0.4 is 14.8 Å². The highest BCUT2D eigenvalue weighted by molar-refractivity contribution is 6.04. The molecule has 2 aromatic carbocycles. The van der Waals surface area contributed by atoms with Gasteiger partial charge in [-0.2, -0.15) is 0 Å². The van der Waals surface area contributed by atoms with Crippen molar-refractivity contribution in [1.82, 2.24) is 4.90 Å². The average molecular weight is 354 g/mol. The Morgan fingerprint density at radius 1 is 1.00 bits per heavy atom. The molecule has 1 aliphatic heterocycles. The standard InChI is InChI=1S/C21H26N2O3/c1-25-19-12-17(13-20(14-19)26-2)21(24)22-18-8-6-7-16(11-18)15-23-9-4-3-5-10-23/h6-8,11-14H,3-5,9-10,15H2,1-2H3,(H,22,24). The number of likely N-dealkylation sites (tertiary alicyclic amines) is 1. The number of rotatable bonds is 6. The lowest BCUT2D eigenvalue weighted by molar-refractivity contribution is 0.102. The van der Waals surface area contributed by atoms with Crippen LogP contribution in [0.1, 0.15) is 35.2 Å². The van der Waals surface area contributed by atoms with Crippen LogP contribution in [0.25, 0.3) is 0 Å². The number of ether oxygens (including phenoxy) is 2. The molecule has 1 amide bonds. The van der Waals surface area contributed by atoms with Crippen molar-refractivity contribution >= 4 is 11.6 Å². The Bertz CT molecular complexity index is 732. The number of methoxy groups -OCH3 is 2. The summed E-state index contributed by atoms with van der Waals surface area (Å²) in [6.45, 7) is 3.23. The summed E-state index contributed by atoms with van der Waals surface area (Å²) < 4.78 is 10.5. The van der Waals surface area contributed by atoms with Crippen LogP contribution >= 0.6 is 0 Å². The molecule has 0 saturated carbocycles. The van der Waals surface area contributed by atoms with Crippen LogP contribution in [0.5, 0.6) is 11.5 Å². The third-order valence-corrected chi connectivity index (χ3v) is 4.65. The molecule has 1 heterocycles. The van der Waals surface area contributed by atoms with Gasteiger partial charge < -0.3 is 14.8 Å². The normalized spacial score (nSPS) is 14.7. The van der Waals surface area contributed by atoms with Crippen molar-refractivity contribution in [3.8, 4) is 11.5 Å². The molecule has 2 aromatic rings. The molecule has 0 radical (unpaired) electrons. The van der Waals surface area contributed by atoms with Gasteiger partial charge in [0.1, 0.15) is 11.5 Å². The number of nitrogens with one attached hydrogen (secondary N) is 1. The molecule has 0 spiro atoms. The van der Waals surface area contributed by atoms with Crippen molar-refractivity contribution in [1.29, 1.82) is 0 Å². The first kappa shape index (κ1) is 18.3. The molecule has 26 heavy (non-hydrogen) atoms. The Kier molecular flexibility index (Phi) is 6.12. The van der Waals surface area contributed by atoms with E-state index in [0.717, 1.165) is 25.3 Å². The fraction of sp³-hybridized carbons (Fsp3) is 0.381. The van der Waals surface area contributed by atoms with E-state index in [9.17, 15) is 4.79 Å². The van der Waals surface area contributed by atoms with Crippen molar-refractivity contribution in [3.05, 3.63) is 53.6 Å². The molecule has 5 heteroatoms. The number of amides is 1. The minimum atomic E-state index is -0.183. The third-order valence-electron chi connectivity index (χ3n) is 4.65. The van der Waals surface area contributed by atoms with Crippen LogP contribution in [-0.2, 0) is 6.54 Å². The Morgan fingerprint density at radius 3 is 2.35 bits per heavy atom. The van der Waals surface area contributed by atoms with Crippen LogP contribution in [0.3, 0.4) is 0 Å². The van der Waals surface area contributed by atoms with Gasteiger partial charge in [-0.1, -0.05) is 18.6 Å². The Labute approximate surface area is 154 Å². The number of hydrogen-bond donors (Lipinski definition) is 1. The average Bonchev–Trinajstić information content (AvgIpc) is 2.68. The number of carbonyl (C=O) groups excluding carboxylic acids is 1. The lowest BCUT2D eigenvalue weighted by atomic mass is 10.1. The molecule has 0 aliphatic carbocycles. The predicted molar refractivity (Wildman–Crippen MR) is 103 cm³/mol. The lowest BCUT2D eigenvalue weighted by Gasteiger charge is -2.26. The van der Waals surface area contributed by atoms with Gasteiger partial charge in [0.2, 0.25) is 0 Å². The molecule has 1 aliphatic rings. The number of nitrogens with zero attached hydrogens (tertiary/aromatic N) is 1. The second kappa shape index (κ2) is 8.72. The largest absolute Gasteiger partial charge is 0.497 e. The molecule has 0 aromatic heterocycles. The van der Waals surface area contributed by atoms with E-state index in [-0.39, 0.29) is 5.91 Å². The van der Waals surface area contributed by atoms with E-state index in [1.807, 2.05) is 18.2 Å². The quantitative estimate of drug-likeness (QED) is 0.854. The van der Waals surface area contributed by atoms with Crippen LogP contribution in [0.15, 0.2) is 42.5 Å². The fourth-order valence-electron chi connectivity index (χ4n) is 3.26. The second-order valence-electron chi connectivity index (χ2n) is 6.59. The van der Waals surface area contributed by atoms with E-state index in [0.29, 0.717) is 17.1 Å². The third kappa shape index (κ3) is 4.76. The van der Waals surface area contributed by atoms with Gasteiger partial charge in [-0.15, -0.1) is 0 Å². The first-order valence-electron chi connectivity index (χ1n) is 9.03. The molecular formula is C21H26N2O3. The SMILES string of the molecule is COc1cc(OC)cc(C(=O)Nc2cccc(CN3CCCCC3)c2)c1. The topological polar surface area (TPSA) is 50.8 Å². The molecule has 0 atom stereocenters. The second-order valence-corrected chi connectivity index (χ2v) is 6.59. The molecule has 0 unspecified atom stereocenters. The predicted octanol–water partition coefficient (Wildman–Crippen LogP) is 3.94. The summed E-state index contributed by atoms with van der Waals surface area (Å²) in [5, 5.41) is 2.97. The van der Waals surface area contributed by atoms with Crippen molar-refractivity contribution in [3.63, 3.8) is 0 Å². The van der Waals surface area contributed by atoms with Crippen LogP contribution in [0.4, 0.5) is 5.69 Å². The molecule has 138 valence electrons. The highest BCUT2D eigenvalue weighted by Crippen LogP contribution is 2.23. The van der Waals surface area contributed by atoms with Crippen molar-refractivity contribution in [2.24, 2.45) is 0 Å². The maximum absolute atomic E-state index is 12.6. The summed E-state index contributed by atoms with van der Waals surface area (Å²) in [6, 6.07) is 13.2. The van der Waals surface area contributed by atoms with E-state index < -0.39 is 0 Å². The van der Waals surface area contributed by atoms with Crippen molar-refractivity contribution in [2.45, 2.75) is 25.8 Å². The summed E-state index contributed by atoms with van der Waals surface area (Å²) in [4.78, 5) is 15.1. The van der Waals surface area contributed by atoms with Gasteiger partial charge in [0, 0.05) is 23.9 Å². The molecule has 5 nitrogen and oxygen atoms in total. The molecule has 1 N–H and O–H groups in total. The minimum Gasteiger partial charge on any atom is -0.497 e. The van der Waals surface area contributed by atoms with Crippen LogP contribution in [-0.4, -0.2) is 38.1 Å². The Hall–Kier alpha value is -2.53. The minimum absolute atomic E-state index is 0.183. The zero-order valence-electron chi connectivity index (χ0n) is 15.5. The van der Waals surface area contributed by atoms with Crippen LogP contribution in [0.2, 0.25) is 0 Å². The first-order valence-corrected chi connectivity index (χ1v) is 9.03. The van der Waals surface area contributed by atoms with Crippen molar-refractivity contribution in [2.75, 3.05) is 32.6 Å². The zero-order valence-corrected chi connectivity index (χ0v) is 15.5. The van der Waals surface area contributed by atoms with Gasteiger partial charge in [0.15, 0.2) is 0 Å². The number of piperidine rings is 1. The van der Waals surface area contributed by atoms with E-state index in [2.05, 4.69) is 16.3 Å². The highest BCUT2D eigenvalue weighted by Gasteiger charge is 2.13. The maximum Gasteiger partial charge on any atom is 0.255 e. The highest BCUT2D eigenvalue weighted by atomic mass is 16.5.